The Hall–Kier alpha value is 0.320. The number of hydrogen-bond donors (Lipinski definition) is 0. The molecule has 0 aromatic carbocycles. The van der Waals surface area contributed by atoms with E-state index in [1.807, 2.05) is 0 Å². The summed E-state index contributed by atoms with van der Waals surface area (Å²) in [5.41, 5.74) is 0. The summed E-state index contributed by atoms with van der Waals surface area (Å²) in [4.78, 5) is 2.68. The van der Waals surface area contributed by atoms with Crippen LogP contribution in [0.15, 0.2) is 0 Å². The molecule has 0 radical (unpaired) electrons. The number of alkyl halides is 1. The molecular weight excluding hydrogens is 274 g/mol. The van der Waals surface area contributed by atoms with Crippen LogP contribution in [-0.4, -0.2) is 70.5 Å². The molecule has 1 atom stereocenters. The Morgan fingerprint density at radius 3 is 2.50 bits per heavy atom. The number of hydrogen-bond acceptors (Lipinski definition) is 4. The van der Waals surface area contributed by atoms with E-state index >= 15 is 0 Å². The van der Waals surface area contributed by atoms with E-state index in [2.05, 4.69) is 27.9 Å². The molecule has 0 bridgehead atoms. The fourth-order valence-corrected chi connectivity index (χ4v) is 2.10. The molecule has 0 amide bonds. The molecule has 0 fully saturated rings. The molecule has 0 heterocycles. The molecule has 0 saturated carbocycles. The molecule has 0 saturated heterocycles. The third kappa shape index (κ3) is 10.8. The highest BCUT2D eigenvalue weighted by atomic mass is 79.9. The predicted octanol–water partition coefficient (Wildman–Crippen LogP) is 1.38. The number of rotatable bonds is 11. The van der Waals surface area contributed by atoms with Gasteiger partial charge < -0.3 is 19.1 Å². The first kappa shape index (κ1) is 16.3. The van der Waals surface area contributed by atoms with Crippen molar-refractivity contribution < 1.29 is 14.2 Å². The summed E-state index contributed by atoms with van der Waals surface area (Å²) in [6, 6.07) is 0. The van der Waals surface area contributed by atoms with E-state index in [1.54, 1.807) is 14.2 Å². The topological polar surface area (TPSA) is 30.9 Å². The standard InChI is InChI=1S/C11H24BrNO3/c1-13(9-11(12)10-15-3)5-4-6-16-8-7-14-2/h11H,4-10H2,1-3H3. The second-order valence-corrected chi connectivity index (χ2v) is 5.07. The van der Waals surface area contributed by atoms with Gasteiger partial charge in [-0.3, -0.25) is 0 Å². The Kier molecular flexibility index (Phi) is 12.0. The minimum Gasteiger partial charge on any atom is -0.383 e. The smallest absolute Gasteiger partial charge is 0.0700 e. The summed E-state index contributed by atoms with van der Waals surface area (Å²) in [7, 11) is 5.51. The lowest BCUT2D eigenvalue weighted by Crippen LogP contribution is -2.29. The Balaban J connectivity index is 3.26. The van der Waals surface area contributed by atoms with E-state index in [0.717, 1.165) is 32.7 Å². The fraction of sp³-hybridized carbons (Fsp3) is 1.00. The van der Waals surface area contributed by atoms with Crippen molar-refractivity contribution in [3.05, 3.63) is 0 Å². The summed E-state index contributed by atoms with van der Waals surface area (Å²) >= 11 is 3.57. The van der Waals surface area contributed by atoms with E-state index in [-0.39, 0.29) is 0 Å². The molecule has 0 aromatic heterocycles. The van der Waals surface area contributed by atoms with Crippen molar-refractivity contribution in [1.82, 2.24) is 4.90 Å². The van der Waals surface area contributed by atoms with Gasteiger partial charge in [-0.1, -0.05) is 15.9 Å². The maximum Gasteiger partial charge on any atom is 0.0700 e. The molecule has 0 spiro atoms. The van der Waals surface area contributed by atoms with Gasteiger partial charge in [0.2, 0.25) is 0 Å². The number of halogens is 1. The van der Waals surface area contributed by atoms with Gasteiger partial charge in [0.15, 0.2) is 0 Å². The normalized spacial score (nSPS) is 13.3. The minimum absolute atomic E-state index is 0.400. The molecule has 98 valence electrons. The van der Waals surface area contributed by atoms with Gasteiger partial charge in [0.25, 0.3) is 0 Å². The minimum atomic E-state index is 0.400. The van der Waals surface area contributed by atoms with E-state index in [4.69, 9.17) is 14.2 Å². The largest absolute Gasteiger partial charge is 0.383 e. The molecule has 5 heteroatoms. The lowest BCUT2D eigenvalue weighted by Gasteiger charge is -2.19. The lowest BCUT2D eigenvalue weighted by molar-refractivity contribution is 0.0660. The van der Waals surface area contributed by atoms with Gasteiger partial charge in [0.1, 0.15) is 0 Å². The number of ether oxygens (including phenoxy) is 3. The summed E-state index contributed by atoms with van der Waals surface area (Å²) in [6.07, 6.45) is 1.05. The van der Waals surface area contributed by atoms with E-state index in [0.29, 0.717) is 18.0 Å². The van der Waals surface area contributed by atoms with Gasteiger partial charge >= 0.3 is 0 Å². The number of nitrogens with zero attached hydrogens (tertiary/aromatic N) is 1. The van der Waals surface area contributed by atoms with Crippen LogP contribution in [0.2, 0.25) is 0 Å². The maximum atomic E-state index is 5.39. The second-order valence-electron chi connectivity index (χ2n) is 3.77. The van der Waals surface area contributed by atoms with Gasteiger partial charge in [-0.2, -0.15) is 0 Å². The zero-order chi connectivity index (χ0) is 12.2. The zero-order valence-electron chi connectivity index (χ0n) is 10.6. The number of methoxy groups -OCH3 is 2. The van der Waals surface area contributed by atoms with Crippen molar-refractivity contribution in [2.24, 2.45) is 0 Å². The van der Waals surface area contributed by atoms with Gasteiger partial charge in [0, 0.05) is 33.9 Å². The molecule has 0 aromatic rings. The van der Waals surface area contributed by atoms with Crippen molar-refractivity contribution in [2.45, 2.75) is 11.2 Å². The Morgan fingerprint density at radius 2 is 1.88 bits per heavy atom. The third-order valence-electron chi connectivity index (χ3n) is 2.12. The first-order chi connectivity index (χ1) is 7.70. The van der Waals surface area contributed by atoms with Crippen molar-refractivity contribution in [3.63, 3.8) is 0 Å². The summed E-state index contributed by atoms with van der Waals surface area (Å²) in [6.45, 7) is 4.93. The van der Waals surface area contributed by atoms with E-state index in [9.17, 15) is 0 Å². The van der Waals surface area contributed by atoms with Gasteiger partial charge in [-0.25, -0.2) is 0 Å². The van der Waals surface area contributed by atoms with Crippen LogP contribution in [-0.2, 0) is 14.2 Å². The van der Waals surface area contributed by atoms with Crippen LogP contribution in [0.1, 0.15) is 6.42 Å². The lowest BCUT2D eigenvalue weighted by atomic mass is 10.3. The second kappa shape index (κ2) is 11.8. The first-order valence-corrected chi connectivity index (χ1v) is 6.50. The van der Waals surface area contributed by atoms with Crippen LogP contribution < -0.4 is 0 Å². The highest BCUT2D eigenvalue weighted by molar-refractivity contribution is 9.09. The molecule has 4 nitrogen and oxygen atoms in total. The first-order valence-electron chi connectivity index (χ1n) is 5.59. The monoisotopic (exact) mass is 297 g/mol. The van der Waals surface area contributed by atoms with Gasteiger partial charge in [-0.15, -0.1) is 0 Å². The van der Waals surface area contributed by atoms with Crippen LogP contribution in [0.25, 0.3) is 0 Å². The molecule has 0 aliphatic carbocycles. The fourth-order valence-electron chi connectivity index (χ4n) is 1.34. The maximum absolute atomic E-state index is 5.39. The van der Waals surface area contributed by atoms with Gasteiger partial charge in [0.05, 0.1) is 24.6 Å². The third-order valence-corrected chi connectivity index (χ3v) is 2.67. The highest BCUT2D eigenvalue weighted by Crippen LogP contribution is 2.02. The van der Waals surface area contributed by atoms with Crippen LogP contribution in [0.4, 0.5) is 0 Å². The van der Waals surface area contributed by atoms with Crippen molar-refractivity contribution in [3.8, 4) is 0 Å². The van der Waals surface area contributed by atoms with Crippen LogP contribution in [0.3, 0.4) is 0 Å². The Labute approximate surface area is 107 Å². The SMILES string of the molecule is COCCOCCCN(C)CC(Br)COC. The van der Waals surface area contributed by atoms with Crippen LogP contribution in [0, 0.1) is 0 Å². The summed E-state index contributed by atoms with van der Waals surface area (Å²) in [5, 5.41) is 0. The van der Waals surface area contributed by atoms with Crippen molar-refractivity contribution >= 4 is 15.9 Å². The predicted molar refractivity (Wildman–Crippen MR) is 69.4 cm³/mol. The molecule has 0 aliphatic heterocycles. The van der Waals surface area contributed by atoms with Gasteiger partial charge in [-0.05, 0) is 13.5 Å². The molecule has 0 aliphatic rings. The molecule has 0 N–H and O–H groups in total. The molecule has 0 rings (SSSR count). The van der Waals surface area contributed by atoms with Crippen LogP contribution in [0.5, 0.6) is 0 Å². The zero-order valence-corrected chi connectivity index (χ0v) is 12.2. The summed E-state index contributed by atoms with van der Waals surface area (Å²) in [5.74, 6) is 0. The van der Waals surface area contributed by atoms with E-state index in [1.165, 1.54) is 0 Å². The Bertz CT molecular complexity index is 149. The highest BCUT2D eigenvalue weighted by Gasteiger charge is 2.06. The summed E-state index contributed by atoms with van der Waals surface area (Å²) < 4.78 is 15.3. The quantitative estimate of drug-likeness (QED) is 0.426. The molecular formula is C11H24BrNO3. The average Bonchev–Trinajstić information content (AvgIpc) is 2.23. The van der Waals surface area contributed by atoms with Crippen LogP contribution >= 0.6 is 15.9 Å². The molecule has 16 heavy (non-hydrogen) atoms. The average molecular weight is 298 g/mol. The van der Waals surface area contributed by atoms with Crippen molar-refractivity contribution in [2.75, 3.05) is 60.8 Å². The Morgan fingerprint density at radius 1 is 1.12 bits per heavy atom. The molecule has 1 unspecified atom stereocenters. The van der Waals surface area contributed by atoms with E-state index < -0.39 is 0 Å². The van der Waals surface area contributed by atoms with Crippen molar-refractivity contribution in [1.29, 1.82) is 0 Å².